The Balaban J connectivity index is 0.00000450. The van der Waals surface area contributed by atoms with E-state index in [1.165, 1.54) is 81.0 Å². The van der Waals surface area contributed by atoms with Crippen LogP contribution in [0.3, 0.4) is 0 Å². The summed E-state index contributed by atoms with van der Waals surface area (Å²) in [4.78, 5) is 2.12. The normalized spacial score (nSPS) is 10.9. The van der Waals surface area contributed by atoms with Crippen LogP contribution in [-0.2, 0) is 6.54 Å². The van der Waals surface area contributed by atoms with Crippen LogP contribution < -0.4 is 26.4 Å². The van der Waals surface area contributed by atoms with Gasteiger partial charge in [0, 0.05) is 38.3 Å². The summed E-state index contributed by atoms with van der Waals surface area (Å²) in [6.45, 7) is 3.42. The number of hydrogen-bond donors (Lipinski definition) is 0. The lowest BCUT2D eigenvalue weighted by atomic mass is 10.1. The molecular formula is C27H41BrN2. The summed E-state index contributed by atoms with van der Waals surface area (Å²) in [6, 6.07) is 13.1. The van der Waals surface area contributed by atoms with Crippen LogP contribution in [0.25, 0.3) is 12.2 Å². The van der Waals surface area contributed by atoms with Gasteiger partial charge < -0.3 is 21.9 Å². The third kappa shape index (κ3) is 11.0. The second kappa shape index (κ2) is 16.1. The number of rotatable bonds is 14. The van der Waals surface area contributed by atoms with Gasteiger partial charge in [0.15, 0.2) is 12.4 Å². The number of halogens is 1. The van der Waals surface area contributed by atoms with E-state index >= 15 is 0 Å². The molecule has 0 unspecified atom stereocenters. The minimum absolute atomic E-state index is 0. The maximum Gasteiger partial charge on any atom is 0.169 e. The fraction of sp³-hybridized carbons (Fsp3) is 0.519. The Morgan fingerprint density at radius 1 is 0.667 bits per heavy atom. The maximum absolute atomic E-state index is 2.31. The van der Waals surface area contributed by atoms with Gasteiger partial charge in [0.25, 0.3) is 0 Å². The van der Waals surface area contributed by atoms with Crippen molar-refractivity contribution >= 4 is 17.8 Å². The van der Waals surface area contributed by atoms with Gasteiger partial charge in [0.2, 0.25) is 0 Å². The number of nitrogens with zero attached hydrogens (tertiary/aromatic N) is 2. The zero-order chi connectivity index (χ0) is 20.7. The number of anilines is 1. The summed E-state index contributed by atoms with van der Waals surface area (Å²) in [5, 5.41) is 0. The second-order valence-corrected chi connectivity index (χ2v) is 8.37. The molecule has 3 heteroatoms. The van der Waals surface area contributed by atoms with Crippen molar-refractivity contribution < 1.29 is 21.5 Å². The van der Waals surface area contributed by atoms with Crippen LogP contribution >= 0.6 is 0 Å². The zero-order valence-corrected chi connectivity index (χ0v) is 20.9. The van der Waals surface area contributed by atoms with Crippen molar-refractivity contribution in [1.29, 1.82) is 0 Å². The molecule has 0 bridgehead atoms. The first-order valence-corrected chi connectivity index (χ1v) is 11.6. The van der Waals surface area contributed by atoms with E-state index in [2.05, 4.69) is 91.4 Å². The molecule has 2 aromatic rings. The van der Waals surface area contributed by atoms with Crippen LogP contribution in [0, 0.1) is 0 Å². The van der Waals surface area contributed by atoms with Crippen molar-refractivity contribution in [3.8, 4) is 0 Å². The minimum Gasteiger partial charge on any atom is -1.00 e. The highest BCUT2D eigenvalue weighted by atomic mass is 79.9. The first kappa shape index (κ1) is 26.4. The molecule has 1 aromatic heterocycles. The fourth-order valence-corrected chi connectivity index (χ4v) is 3.59. The number of unbranched alkanes of at least 4 members (excludes halogenated alkanes) is 9. The number of hydrogen-bond acceptors (Lipinski definition) is 1. The number of aromatic nitrogens is 1. The average molecular weight is 474 g/mol. The molecule has 2 nitrogen and oxygen atoms in total. The van der Waals surface area contributed by atoms with Crippen molar-refractivity contribution in [2.75, 3.05) is 19.0 Å². The molecule has 0 atom stereocenters. The van der Waals surface area contributed by atoms with E-state index in [0.29, 0.717) is 0 Å². The van der Waals surface area contributed by atoms with Crippen LogP contribution in [0.15, 0.2) is 48.8 Å². The first-order valence-electron chi connectivity index (χ1n) is 11.6. The van der Waals surface area contributed by atoms with Crippen molar-refractivity contribution in [1.82, 2.24) is 0 Å². The minimum atomic E-state index is 0. The lowest BCUT2D eigenvalue weighted by molar-refractivity contribution is -0.697. The maximum atomic E-state index is 2.31. The molecule has 0 N–H and O–H groups in total. The smallest absolute Gasteiger partial charge is 0.169 e. The topological polar surface area (TPSA) is 7.12 Å². The molecule has 0 saturated carbocycles. The molecule has 0 radical (unpaired) electrons. The van der Waals surface area contributed by atoms with Gasteiger partial charge >= 0.3 is 0 Å². The van der Waals surface area contributed by atoms with E-state index in [4.69, 9.17) is 0 Å². The molecule has 0 aliphatic rings. The van der Waals surface area contributed by atoms with Crippen molar-refractivity contribution in [2.45, 2.75) is 77.7 Å². The summed E-state index contributed by atoms with van der Waals surface area (Å²) in [5.74, 6) is 0. The van der Waals surface area contributed by atoms with Gasteiger partial charge in [-0.1, -0.05) is 82.6 Å². The van der Waals surface area contributed by atoms with Crippen molar-refractivity contribution in [2.24, 2.45) is 0 Å². The quantitative estimate of drug-likeness (QED) is 0.296. The summed E-state index contributed by atoms with van der Waals surface area (Å²) in [7, 11) is 4.14. The van der Waals surface area contributed by atoms with E-state index in [1.807, 2.05) is 0 Å². The molecule has 1 heterocycles. The van der Waals surface area contributed by atoms with E-state index in [9.17, 15) is 0 Å². The van der Waals surface area contributed by atoms with Gasteiger partial charge in [0.05, 0.1) is 0 Å². The summed E-state index contributed by atoms with van der Waals surface area (Å²) in [6.07, 6.45) is 22.7. The van der Waals surface area contributed by atoms with Crippen LogP contribution in [0.2, 0.25) is 0 Å². The Morgan fingerprint density at radius 2 is 1.13 bits per heavy atom. The zero-order valence-electron chi connectivity index (χ0n) is 19.3. The number of benzene rings is 1. The van der Waals surface area contributed by atoms with Crippen molar-refractivity contribution in [3.05, 3.63) is 59.9 Å². The van der Waals surface area contributed by atoms with Gasteiger partial charge in [0.1, 0.15) is 6.54 Å². The lowest BCUT2D eigenvalue weighted by Crippen LogP contribution is -3.00. The molecular weight excluding hydrogens is 432 g/mol. The molecule has 0 fully saturated rings. The molecule has 0 aliphatic heterocycles. The largest absolute Gasteiger partial charge is 1.00 e. The van der Waals surface area contributed by atoms with Crippen molar-refractivity contribution in [3.63, 3.8) is 0 Å². The third-order valence-corrected chi connectivity index (χ3v) is 5.56. The molecule has 2 rings (SSSR count). The van der Waals surface area contributed by atoms with Gasteiger partial charge in [-0.2, -0.15) is 0 Å². The Bertz CT molecular complexity index is 690. The monoisotopic (exact) mass is 472 g/mol. The van der Waals surface area contributed by atoms with E-state index in [1.54, 1.807) is 0 Å². The van der Waals surface area contributed by atoms with E-state index < -0.39 is 0 Å². The predicted molar refractivity (Wildman–Crippen MR) is 128 cm³/mol. The summed E-state index contributed by atoms with van der Waals surface area (Å²) >= 11 is 0. The summed E-state index contributed by atoms with van der Waals surface area (Å²) in [5.41, 5.74) is 3.72. The Hall–Kier alpha value is -1.61. The molecule has 30 heavy (non-hydrogen) atoms. The average Bonchev–Trinajstić information content (AvgIpc) is 2.74. The van der Waals surface area contributed by atoms with Gasteiger partial charge in [-0.25, -0.2) is 4.57 Å². The Morgan fingerprint density at radius 3 is 1.63 bits per heavy atom. The summed E-state index contributed by atoms with van der Waals surface area (Å²) < 4.78 is 2.31. The highest BCUT2D eigenvalue weighted by Crippen LogP contribution is 2.14. The van der Waals surface area contributed by atoms with Crippen LogP contribution in [0.5, 0.6) is 0 Å². The van der Waals surface area contributed by atoms with Crippen LogP contribution in [0.1, 0.15) is 82.3 Å². The molecule has 0 saturated heterocycles. The van der Waals surface area contributed by atoms with Gasteiger partial charge in [-0.3, -0.25) is 0 Å². The SMILES string of the molecule is CCCCCCCCCCCC[n+]1ccc(/C=C/c2ccc(N(C)C)cc2)cc1.[Br-]. The molecule has 0 spiro atoms. The second-order valence-electron chi connectivity index (χ2n) is 8.37. The van der Waals surface area contributed by atoms with Crippen LogP contribution in [0.4, 0.5) is 5.69 Å². The third-order valence-electron chi connectivity index (χ3n) is 5.56. The van der Waals surface area contributed by atoms with Crippen LogP contribution in [-0.4, -0.2) is 14.1 Å². The van der Waals surface area contributed by atoms with Gasteiger partial charge in [-0.05, 0) is 29.7 Å². The van der Waals surface area contributed by atoms with Gasteiger partial charge in [-0.15, -0.1) is 0 Å². The Kier molecular flexibility index (Phi) is 14.2. The predicted octanol–water partition coefficient (Wildman–Crippen LogP) is 4.14. The number of aryl methyl sites for hydroxylation is 1. The Labute approximate surface area is 195 Å². The van der Waals surface area contributed by atoms with E-state index in [-0.39, 0.29) is 17.0 Å². The highest BCUT2D eigenvalue weighted by Gasteiger charge is 2.00. The standard InChI is InChI=1S/C27H41N2.BrH/c1-4-5-6-7-8-9-10-11-12-13-22-29-23-20-26(21-24-29)15-14-25-16-18-27(19-17-25)28(2)3;/h14-21,23-24H,4-13,22H2,1-3H3;1H/q+1;/p-1. The fourth-order valence-electron chi connectivity index (χ4n) is 3.59. The lowest BCUT2D eigenvalue weighted by Gasteiger charge is -2.11. The first-order chi connectivity index (χ1) is 14.2. The molecule has 0 aliphatic carbocycles. The number of pyridine rings is 1. The highest BCUT2D eigenvalue weighted by molar-refractivity contribution is 5.70. The molecule has 0 amide bonds. The molecule has 1 aromatic carbocycles. The van der Waals surface area contributed by atoms with E-state index in [0.717, 1.165) is 6.54 Å². The molecule has 166 valence electrons.